The van der Waals surface area contributed by atoms with Gasteiger partial charge in [0.15, 0.2) is 6.29 Å². The van der Waals surface area contributed by atoms with E-state index in [0.29, 0.717) is 12.0 Å². The van der Waals surface area contributed by atoms with Crippen LogP contribution in [0.2, 0.25) is 0 Å². The Balaban J connectivity index is 2.25. The average molecular weight is 446 g/mol. The Hall–Kier alpha value is -2.02. The number of rotatable bonds is 8. The third kappa shape index (κ3) is 5.82. The summed E-state index contributed by atoms with van der Waals surface area (Å²) < 4.78 is 26.4. The van der Waals surface area contributed by atoms with Gasteiger partial charge in [0.25, 0.3) is 0 Å². The third-order valence-corrected chi connectivity index (χ3v) is 5.07. The molecule has 2 aliphatic rings. The first-order chi connectivity index (χ1) is 14.8. The second-order valence-electron chi connectivity index (χ2n) is 7.13. The molecule has 0 aromatic heterocycles. The second-order valence-corrected chi connectivity index (χ2v) is 7.13. The molecule has 176 valence electrons. The van der Waals surface area contributed by atoms with E-state index in [1.165, 1.54) is 7.11 Å². The highest BCUT2D eigenvalue weighted by Gasteiger charge is 2.46. The Morgan fingerprint density at radius 2 is 1.90 bits per heavy atom. The zero-order chi connectivity index (χ0) is 23.1. The van der Waals surface area contributed by atoms with Gasteiger partial charge in [0.1, 0.15) is 24.4 Å². The van der Waals surface area contributed by atoms with Crippen molar-refractivity contribution in [3.05, 3.63) is 23.5 Å². The van der Waals surface area contributed by atoms with Gasteiger partial charge < -0.3 is 44.1 Å². The second kappa shape index (κ2) is 11.6. The summed E-state index contributed by atoms with van der Waals surface area (Å²) in [5.74, 6) is -2.01. The van der Waals surface area contributed by atoms with E-state index in [4.69, 9.17) is 23.7 Å². The fourth-order valence-corrected chi connectivity index (χ4v) is 3.37. The number of esters is 2. The van der Waals surface area contributed by atoms with Crippen LogP contribution in [-0.2, 0) is 33.3 Å². The number of aliphatic hydroxyl groups is 4. The summed E-state index contributed by atoms with van der Waals surface area (Å²) in [7, 11) is 1.20. The molecule has 0 amide bonds. The Morgan fingerprint density at radius 3 is 2.48 bits per heavy atom. The van der Waals surface area contributed by atoms with Crippen LogP contribution in [0.1, 0.15) is 26.7 Å². The van der Waals surface area contributed by atoms with Crippen LogP contribution in [0.5, 0.6) is 0 Å². The minimum atomic E-state index is -1.64. The van der Waals surface area contributed by atoms with E-state index in [0.717, 1.165) is 6.26 Å². The fourth-order valence-electron chi connectivity index (χ4n) is 3.37. The maximum atomic E-state index is 12.2. The zero-order valence-electron chi connectivity index (χ0n) is 17.7. The molecule has 0 aromatic rings. The van der Waals surface area contributed by atoms with Gasteiger partial charge in [-0.1, -0.05) is 13.0 Å². The van der Waals surface area contributed by atoms with Gasteiger partial charge in [-0.15, -0.1) is 0 Å². The molecule has 0 saturated carbocycles. The van der Waals surface area contributed by atoms with Gasteiger partial charge in [-0.05, 0) is 13.3 Å². The van der Waals surface area contributed by atoms with Gasteiger partial charge in [0.2, 0.25) is 6.29 Å². The molecule has 0 bridgehead atoms. The number of methoxy groups -OCH3 is 1. The fraction of sp³-hybridized carbons (Fsp3) is 0.700. The van der Waals surface area contributed by atoms with Gasteiger partial charge in [0, 0.05) is 11.5 Å². The van der Waals surface area contributed by atoms with E-state index in [-0.39, 0.29) is 18.6 Å². The Kier molecular flexibility index (Phi) is 9.41. The van der Waals surface area contributed by atoms with Crippen LogP contribution in [0.3, 0.4) is 0 Å². The molecular weight excluding hydrogens is 416 g/mol. The lowest BCUT2D eigenvalue weighted by molar-refractivity contribution is -0.327. The lowest BCUT2D eigenvalue weighted by Crippen LogP contribution is -2.60. The summed E-state index contributed by atoms with van der Waals surface area (Å²) in [6.07, 6.45) is -5.49. The van der Waals surface area contributed by atoms with Crippen molar-refractivity contribution in [3.63, 3.8) is 0 Å². The van der Waals surface area contributed by atoms with Crippen LogP contribution in [0.15, 0.2) is 23.5 Å². The van der Waals surface area contributed by atoms with Crippen molar-refractivity contribution in [2.24, 2.45) is 5.92 Å². The zero-order valence-corrected chi connectivity index (χ0v) is 17.7. The van der Waals surface area contributed by atoms with Crippen LogP contribution in [0, 0.1) is 5.92 Å². The largest absolute Gasteiger partial charge is 0.468 e. The first kappa shape index (κ1) is 25.2. The van der Waals surface area contributed by atoms with Gasteiger partial charge in [-0.2, -0.15) is 0 Å². The molecule has 7 atom stereocenters. The topological polar surface area (TPSA) is 161 Å². The minimum absolute atomic E-state index is 0.0812. The maximum absolute atomic E-state index is 12.2. The number of allylic oxidation sites excluding steroid dienone is 1. The van der Waals surface area contributed by atoms with Crippen molar-refractivity contribution in [3.8, 4) is 0 Å². The number of hydrogen-bond acceptors (Lipinski definition) is 11. The normalized spacial score (nSPS) is 34.6. The van der Waals surface area contributed by atoms with Gasteiger partial charge >= 0.3 is 11.9 Å². The number of carbonyl (C=O) groups excluding carboxylic acids is 2. The van der Waals surface area contributed by atoms with Crippen LogP contribution in [0.25, 0.3) is 0 Å². The first-order valence-corrected chi connectivity index (χ1v) is 10.00. The third-order valence-electron chi connectivity index (χ3n) is 5.07. The van der Waals surface area contributed by atoms with Gasteiger partial charge in [0.05, 0.1) is 38.6 Å². The standard InChI is InChI=1S/C20H30O11/c1-4-6-28-14(22)7-11-10(5-2)19(29-9-12(11)18(26)27-3)31-20-17(25)16(24)15(23)13(8-21)30-20/h5,9,11,13,15-17,19-21,23-25H,4,6-8H2,1-3H3/b10-5+/t11-,13+,15+,16-,17+,19-,20-/m0/s1. The molecule has 11 nitrogen and oxygen atoms in total. The molecule has 0 aromatic carbocycles. The molecule has 0 unspecified atom stereocenters. The molecule has 0 aliphatic carbocycles. The molecule has 4 N–H and O–H groups in total. The van der Waals surface area contributed by atoms with Crippen LogP contribution in [0.4, 0.5) is 0 Å². The number of ether oxygens (including phenoxy) is 5. The Labute approximate surface area is 179 Å². The highest BCUT2D eigenvalue weighted by Crippen LogP contribution is 2.36. The van der Waals surface area contributed by atoms with Crippen molar-refractivity contribution in [1.29, 1.82) is 0 Å². The number of aliphatic hydroxyl groups excluding tert-OH is 4. The first-order valence-electron chi connectivity index (χ1n) is 10.00. The predicted molar refractivity (Wildman–Crippen MR) is 103 cm³/mol. The summed E-state index contributed by atoms with van der Waals surface area (Å²) >= 11 is 0. The van der Waals surface area contributed by atoms with Crippen molar-refractivity contribution in [1.82, 2.24) is 0 Å². The quantitative estimate of drug-likeness (QED) is 0.271. The molecule has 0 radical (unpaired) electrons. The van der Waals surface area contributed by atoms with Crippen LogP contribution >= 0.6 is 0 Å². The maximum Gasteiger partial charge on any atom is 0.337 e. The average Bonchev–Trinajstić information content (AvgIpc) is 2.77. The van der Waals surface area contributed by atoms with Gasteiger partial charge in [-0.3, -0.25) is 4.79 Å². The SMILES string of the molecule is C/C=C1/[C@H](O[C@@H]2O[C@H](CO)[C@@H](O)[C@H](O)[C@H]2O)OC=C(C(=O)OC)[C@H]1CC(=O)OCCC. The lowest BCUT2D eigenvalue weighted by atomic mass is 9.86. The molecule has 31 heavy (non-hydrogen) atoms. The van der Waals surface area contributed by atoms with E-state index < -0.39 is 61.5 Å². The van der Waals surface area contributed by atoms with Gasteiger partial charge in [-0.25, -0.2) is 4.79 Å². The summed E-state index contributed by atoms with van der Waals surface area (Å²) in [6.45, 7) is 3.11. The molecular formula is C20H30O11. The van der Waals surface area contributed by atoms with E-state index >= 15 is 0 Å². The van der Waals surface area contributed by atoms with Crippen molar-refractivity contribution in [2.75, 3.05) is 20.3 Å². The molecule has 2 rings (SSSR count). The van der Waals surface area contributed by atoms with Crippen LogP contribution < -0.4 is 0 Å². The van der Waals surface area contributed by atoms with E-state index in [9.17, 15) is 30.0 Å². The predicted octanol–water partition coefficient (Wildman–Crippen LogP) is -0.878. The number of hydrogen-bond donors (Lipinski definition) is 4. The number of carbonyl (C=O) groups is 2. The van der Waals surface area contributed by atoms with Crippen molar-refractivity contribution >= 4 is 11.9 Å². The summed E-state index contributed by atoms with van der Waals surface area (Å²) in [5.41, 5.74) is 0.450. The summed E-state index contributed by atoms with van der Waals surface area (Å²) in [4.78, 5) is 24.4. The van der Waals surface area contributed by atoms with Crippen LogP contribution in [-0.4, -0.2) is 89.7 Å². The Bertz CT molecular complexity index is 687. The summed E-state index contributed by atoms with van der Waals surface area (Å²) in [5, 5.41) is 39.4. The highest BCUT2D eigenvalue weighted by atomic mass is 16.8. The van der Waals surface area contributed by atoms with Crippen molar-refractivity contribution < 1.29 is 53.7 Å². The molecule has 0 spiro atoms. The van der Waals surface area contributed by atoms with E-state index in [2.05, 4.69) is 0 Å². The lowest BCUT2D eigenvalue weighted by Gasteiger charge is -2.41. The van der Waals surface area contributed by atoms with E-state index in [1.54, 1.807) is 13.0 Å². The smallest absolute Gasteiger partial charge is 0.337 e. The molecule has 11 heteroatoms. The molecule has 2 aliphatic heterocycles. The highest BCUT2D eigenvalue weighted by molar-refractivity contribution is 5.90. The monoisotopic (exact) mass is 446 g/mol. The minimum Gasteiger partial charge on any atom is -0.468 e. The van der Waals surface area contributed by atoms with E-state index in [1.807, 2.05) is 6.92 Å². The molecule has 1 fully saturated rings. The van der Waals surface area contributed by atoms with Crippen molar-refractivity contribution in [2.45, 2.75) is 63.7 Å². The summed E-state index contributed by atoms with van der Waals surface area (Å²) in [6, 6.07) is 0. The Morgan fingerprint density at radius 1 is 1.19 bits per heavy atom. The molecule has 1 saturated heterocycles. The molecule has 2 heterocycles.